The third-order valence-electron chi connectivity index (χ3n) is 3.12. The molecule has 1 amide bonds. The molecule has 2 unspecified atom stereocenters. The topological polar surface area (TPSA) is 75.3 Å². The van der Waals surface area contributed by atoms with Crippen molar-refractivity contribution in [3.05, 3.63) is 0 Å². The quantitative estimate of drug-likeness (QED) is 0.628. The van der Waals surface area contributed by atoms with E-state index in [0.29, 0.717) is 19.0 Å². The number of carbonyl (C=O) groups excluding carboxylic acids is 1. The molecule has 0 saturated heterocycles. The van der Waals surface area contributed by atoms with E-state index in [-0.39, 0.29) is 11.8 Å². The van der Waals surface area contributed by atoms with Crippen LogP contribution < -0.4 is 11.1 Å². The molecule has 4 heteroatoms. The summed E-state index contributed by atoms with van der Waals surface area (Å²) in [4.78, 5) is 11.8. The molecular weight excluding hydrogens is 192 g/mol. The molecule has 1 aliphatic carbocycles. The van der Waals surface area contributed by atoms with Gasteiger partial charge in [-0.15, -0.1) is 0 Å². The zero-order valence-corrected chi connectivity index (χ0v) is 9.41. The van der Waals surface area contributed by atoms with E-state index < -0.39 is 6.10 Å². The van der Waals surface area contributed by atoms with Crippen LogP contribution in [0.25, 0.3) is 0 Å². The predicted octanol–water partition coefficient (Wildman–Crippen LogP) is 0.249. The number of nitrogens with two attached hydrogens (primary N) is 1. The average molecular weight is 214 g/mol. The Hall–Kier alpha value is -0.610. The van der Waals surface area contributed by atoms with Gasteiger partial charge in [0, 0.05) is 12.5 Å². The smallest absolute Gasteiger partial charge is 0.223 e. The van der Waals surface area contributed by atoms with Gasteiger partial charge in [-0.1, -0.05) is 12.8 Å². The van der Waals surface area contributed by atoms with Gasteiger partial charge >= 0.3 is 0 Å². The van der Waals surface area contributed by atoms with Gasteiger partial charge in [-0.25, -0.2) is 0 Å². The van der Waals surface area contributed by atoms with Crippen LogP contribution in [0.15, 0.2) is 0 Å². The predicted molar refractivity (Wildman–Crippen MR) is 59.2 cm³/mol. The second-order valence-electron chi connectivity index (χ2n) is 4.48. The molecule has 1 aliphatic rings. The molecule has 0 heterocycles. The van der Waals surface area contributed by atoms with Crippen molar-refractivity contribution in [1.29, 1.82) is 0 Å². The van der Waals surface area contributed by atoms with Gasteiger partial charge in [0.15, 0.2) is 0 Å². The summed E-state index contributed by atoms with van der Waals surface area (Å²) in [6.07, 6.45) is 3.82. The first-order valence-electron chi connectivity index (χ1n) is 5.81. The Labute approximate surface area is 91.2 Å². The maximum atomic E-state index is 11.8. The minimum Gasteiger partial charge on any atom is -0.392 e. The Bertz CT molecular complexity index is 207. The molecule has 1 fully saturated rings. The molecule has 0 radical (unpaired) electrons. The van der Waals surface area contributed by atoms with Crippen LogP contribution in [0.3, 0.4) is 0 Å². The standard InChI is InChI=1S/C11H22N2O2/c1-8(14)7-13-11(15)10-5-3-2-4-9(10)6-12/h8-10,14H,2-7,12H2,1H3,(H,13,15)/t8-,9?,10?/m0/s1. The summed E-state index contributed by atoms with van der Waals surface area (Å²) in [7, 11) is 0. The van der Waals surface area contributed by atoms with Crippen molar-refractivity contribution in [2.75, 3.05) is 13.1 Å². The monoisotopic (exact) mass is 214 g/mol. The van der Waals surface area contributed by atoms with Crippen LogP contribution in [0.5, 0.6) is 0 Å². The fourth-order valence-electron chi connectivity index (χ4n) is 2.21. The first kappa shape index (κ1) is 12.5. The van der Waals surface area contributed by atoms with Gasteiger partial charge in [0.1, 0.15) is 0 Å². The zero-order valence-electron chi connectivity index (χ0n) is 9.41. The number of hydrogen-bond acceptors (Lipinski definition) is 3. The van der Waals surface area contributed by atoms with E-state index in [1.807, 2.05) is 0 Å². The number of hydrogen-bond donors (Lipinski definition) is 3. The van der Waals surface area contributed by atoms with E-state index in [1.54, 1.807) is 6.92 Å². The number of nitrogens with one attached hydrogen (secondary N) is 1. The number of aliphatic hydroxyl groups excluding tert-OH is 1. The molecule has 1 saturated carbocycles. The van der Waals surface area contributed by atoms with E-state index in [9.17, 15) is 4.79 Å². The van der Waals surface area contributed by atoms with E-state index in [4.69, 9.17) is 10.8 Å². The van der Waals surface area contributed by atoms with Gasteiger partial charge in [0.25, 0.3) is 0 Å². The molecule has 0 aromatic rings. The van der Waals surface area contributed by atoms with Crippen LogP contribution in [0, 0.1) is 11.8 Å². The summed E-state index contributed by atoms with van der Waals surface area (Å²) in [5.74, 6) is 0.446. The highest BCUT2D eigenvalue weighted by atomic mass is 16.3. The first-order chi connectivity index (χ1) is 7.15. The fourth-order valence-corrected chi connectivity index (χ4v) is 2.21. The van der Waals surface area contributed by atoms with Crippen molar-refractivity contribution < 1.29 is 9.90 Å². The Morgan fingerprint density at radius 1 is 1.53 bits per heavy atom. The lowest BCUT2D eigenvalue weighted by atomic mass is 9.79. The molecule has 15 heavy (non-hydrogen) atoms. The molecule has 4 nitrogen and oxygen atoms in total. The van der Waals surface area contributed by atoms with Gasteiger partial charge in [0.2, 0.25) is 5.91 Å². The average Bonchev–Trinajstić information content (AvgIpc) is 2.25. The molecule has 0 aliphatic heterocycles. The number of aliphatic hydroxyl groups is 1. The molecule has 0 aromatic carbocycles. The molecule has 0 aromatic heterocycles. The molecule has 1 rings (SSSR count). The zero-order chi connectivity index (χ0) is 11.3. The van der Waals surface area contributed by atoms with Crippen molar-refractivity contribution in [2.24, 2.45) is 17.6 Å². The minimum atomic E-state index is -0.478. The first-order valence-corrected chi connectivity index (χ1v) is 5.81. The summed E-state index contributed by atoms with van der Waals surface area (Å²) >= 11 is 0. The summed E-state index contributed by atoms with van der Waals surface area (Å²) in [6, 6.07) is 0. The number of rotatable bonds is 4. The van der Waals surface area contributed by atoms with E-state index >= 15 is 0 Å². The molecule has 88 valence electrons. The normalized spacial score (nSPS) is 28.5. The van der Waals surface area contributed by atoms with Gasteiger partial charge < -0.3 is 16.2 Å². The van der Waals surface area contributed by atoms with Crippen molar-refractivity contribution in [2.45, 2.75) is 38.7 Å². The largest absolute Gasteiger partial charge is 0.392 e. The summed E-state index contributed by atoms with van der Waals surface area (Å²) in [5, 5.41) is 11.9. The van der Waals surface area contributed by atoms with Crippen molar-refractivity contribution in [3.8, 4) is 0 Å². The van der Waals surface area contributed by atoms with E-state index in [1.165, 1.54) is 6.42 Å². The van der Waals surface area contributed by atoms with Crippen LogP contribution in [-0.4, -0.2) is 30.2 Å². The molecular formula is C11H22N2O2. The third kappa shape index (κ3) is 3.80. The van der Waals surface area contributed by atoms with E-state index in [2.05, 4.69) is 5.32 Å². The Balaban J connectivity index is 2.41. The summed E-state index contributed by atoms with van der Waals surface area (Å²) < 4.78 is 0. The second kappa shape index (κ2) is 6.08. The van der Waals surface area contributed by atoms with Gasteiger partial charge in [0.05, 0.1) is 6.10 Å². The fraction of sp³-hybridized carbons (Fsp3) is 0.909. The number of amides is 1. The maximum absolute atomic E-state index is 11.8. The molecule has 4 N–H and O–H groups in total. The summed E-state index contributed by atoms with van der Waals surface area (Å²) in [5.41, 5.74) is 5.66. The van der Waals surface area contributed by atoms with Crippen LogP contribution in [0.1, 0.15) is 32.6 Å². The van der Waals surface area contributed by atoms with Gasteiger partial charge in [-0.3, -0.25) is 4.79 Å². The lowest BCUT2D eigenvalue weighted by Crippen LogP contribution is -2.41. The Morgan fingerprint density at radius 2 is 2.20 bits per heavy atom. The molecule has 0 spiro atoms. The Morgan fingerprint density at radius 3 is 2.80 bits per heavy atom. The van der Waals surface area contributed by atoms with Crippen LogP contribution >= 0.6 is 0 Å². The third-order valence-corrected chi connectivity index (χ3v) is 3.12. The van der Waals surface area contributed by atoms with Crippen LogP contribution in [0.4, 0.5) is 0 Å². The van der Waals surface area contributed by atoms with Crippen LogP contribution in [-0.2, 0) is 4.79 Å². The van der Waals surface area contributed by atoms with Crippen molar-refractivity contribution in [3.63, 3.8) is 0 Å². The van der Waals surface area contributed by atoms with Crippen molar-refractivity contribution >= 4 is 5.91 Å². The highest BCUT2D eigenvalue weighted by molar-refractivity contribution is 5.79. The van der Waals surface area contributed by atoms with E-state index in [0.717, 1.165) is 19.3 Å². The van der Waals surface area contributed by atoms with Gasteiger partial charge in [-0.05, 0) is 32.2 Å². The second-order valence-corrected chi connectivity index (χ2v) is 4.48. The van der Waals surface area contributed by atoms with Crippen molar-refractivity contribution in [1.82, 2.24) is 5.32 Å². The Kier molecular flexibility index (Phi) is 5.05. The maximum Gasteiger partial charge on any atom is 0.223 e. The summed E-state index contributed by atoms with van der Waals surface area (Å²) in [6.45, 7) is 2.60. The highest BCUT2D eigenvalue weighted by Gasteiger charge is 2.29. The molecule has 3 atom stereocenters. The highest BCUT2D eigenvalue weighted by Crippen LogP contribution is 2.29. The van der Waals surface area contributed by atoms with Gasteiger partial charge in [-0.2, -0.15) is 0 Å². The molecule has 0 bridgehead atoms. The van der Waals surface area contributed by atoms with Crippen LogP contribution in [0.2, 0.25) is 0 Å². The SMILES string of the molecule is C[C@H](O)CNC(=O)C1CCCCC1CN. The number of carbonyl (C=O) groups is 1. The lowest BCUT2D eigenvalue weighted by molar-refractivity contribution is -0.128. The lowest BCUT2D eigenvalue weighted by Gasteiger charge is -2.29. The minimum absolute atomic E-state index is 0.0579.